The van der Waals surface area contributed by atoms with Gasteiger partial charge in [0.2, 0.25) is 0 Å². The van der Waals surface area contributed by atoms with Gasteiger partial charge in [-0.3, -0.25) is 4.79 Å². The number of hydrogen-bond acceptors (Lipinski definition) is 2. The van der Waals surface area contributed by atoms with E-state index in [0.717, 1.165) is 10.9 Å². The summed E-state index contributed by atoms with van der Waals surface area (Å²) in [5, 5.41) is 7.38. The number of carbonyl (C=O) groups excluding carboxylic acids is 1. The molecule has 134 valence electrons. The first kappa shape index (κ1) is 16.5. The van der Waals surface area contributed by atoms with Crippen molar-refractivity contribution in [2.45, 2.75) is 0 Å². The first-order valence-corrected chi connectivity index (χ1v) is 9.28. The number of benzene rings is 5. The van der Waals surface area contributed by atoms with Crippen molar-refractivity contribution in [2.75, 3.05) is 7.11 Å². The molecular formula is C26H18O2. The third kappa shape index (κ3) is 2.54. The number of allylic oxidation sites excluding steroid dienone is 1. The Bertz CT molecular complexity index is 1350. The van der Waals surface area contributed by atoms with Crippen molar-refractivity contribution in [1.29, 1.82) is 0 Å². The highest BCUT2D eigenvalue weighted by Crippen LogP contribution is 2.36. The Morgan fingerprint density at radius 1 is 0.750 bits per heavy atom. The van der Waals surface area contributed by atoms with E-state index in [9.17, 15) is 4.79 Å². The van der Waals surface area contributed by atoms with Crippen molar-refractivity contribution in [1.82, 2.24) is 0 Å². The Balaban J connectivity index is 1.65. The van der Waals surface area contributed by atoms with Gasteiger partial charge in [0.15, 0.2) is 5.78 Å². The standard InChI is InChI=1S/C26H18O2/c1-28-24-8-3-2-7-22(24)23(27)16-14-17-9-10-20-12-11-18-5-4-6-19-13-15-21(17)26(20)25(18)19/h2-16H,1H3/b16-14+. The maximum absolute atomic E-state index is 12.7. The van der Waals surface area contributed by atoms with Gasteiger partial charge in [0, 0.05) is 0 Å². The molecule has 0 unspecified atom stereocenters. The predicted octanol–water partition coefficient (Wildman–Crippen LogP) is 6.49. The molecule has 0 bridgehead atoms. The van der Waals surface area contributed by atoms with Crippen LogP contribution in [-0.4, -0.2) is 12.9 Å². The first-order valence-electron chi connectivity index (χ1n) is 9.28. The van der Waals surface area contributed by atoms with Gasteiger partial charge >= 0.3 is 0 Å². The van der Waals surface area contributed by atoms with Crippen molar-refractivity contribution in [3.63, 3.8) is 0 Å². The van der Waals surface area contributed by atoms with Gasteiger partial charge in [0.05, 0.1) is 12.7 Å². The van der Waals surface area contributed by atoms with Crippen LogP contribution in [0.25, 0.3) is 38.4 Å². The Morgan fingerprint density at radius 2 is 1.43 bits per heavy atom. The molecule has 0 amide bonds. The van der Waals surface area contributed by atoms with Crippen LogP contribution in [0.15, 0.2) is 84.9 Å². The molecule has 28 heavy (non-hydrogen) atoms. The van der Waals surface area contributed by atoms with Crippen LogP contribution in [0.5, 0.6) is 5.75 Å². The maximum Gasteiger partial charge on any atom is 0.189 e. The highest BCUT2D eigenvalue weighted by molar-refractivity contribution is 6.24. The highest BCUT2D eigenvalue weighted by atomic mass is 16.5. The summed E-state index contributed by atoms with van der Waals surface area (Å²) in [6.45, 7) is 0. The predicted molar refractivity (Wildman–Crippen MR) is 117 cm³/mol. The van der Waals surface area contributed by atoms with E-state index in [1.807, 2.05) is 18.2 Å². The molecule has 5 rings (SSSR count). The summed E-state index contributed by atoms with van der Waals surface area (Å²) < 4.78 is 5.31. The molecule has 0 N–H and O–H groups in total. The molecule has 0 fully saturated rings. The smallest absolute Gasteiger partial charge is 0.189 e. The number of ketones is 1. The molecule has 5 aromatic carbocycles. The zero-order valence-electron chi connectivity index (χ0n) is 15.5. The van der Waals surface area contributed by atoms with Gasteiger partial charge in [-0.1, -0.05) is 72.8 Å². The van der Waals surface area contributed by atoms with E-state index in [1.54, 1.807) is 25.3 Å². The summed E-state index contributed by atoms with van der Waals surface area (Å²) in [5.74, 6) is 0.524. The summed E-state index contributed by atoms with van der Waals surface area (Å²) >= 11 is 0. The van der Waals surface area contributed by atoms with Gasteiger partial charge in [-0.05, 0) is 56.1 Å². The molecule has 0 aliphatic carbocycles. The third-order valence-corrected chi connectivity index (χ3v) is 5.35. The average molecular weight is 362 g/mol. The van der Waals surface area contributed by atoms with Gasteiger partial charge in [-0.25, -0.2) is 0 Å². The van der Waals surface area contributed by atoms with Crippen LogP contribution in [0.3, 0.4) is 0 Å². The van der Waals surface area contributed by atoms with Crippen molar-refractivity contribution < 1.29 is 9.53 Å². The Hall–Kier alpha value is -3.65. The van der Waals surface area contributed by atoms with E-state index >= 15 is 0 Å². The molecule has 0 heterocycles. The van der Waals surface area contributed by atoms with Crippen LogP contribution in [0.2, 0.25) is 0 Å². The topological polar surface area (TPSA) is 26.3 Å². The SMILES string of the molecule is COc1ccccc1C(=O)/C=C/c1ccc2ccc3cccc4ccc1c2c34. The molecular weight excluding hydrogens is 344 g/mol. The lowest BCUT2D eigenvalue weighted by Gasteiger charge is -2.12. The summed E-state index contributed by atoms with van der Waals surface area (Å²) in [6.07, 6.45) is 3.53. The Labute approximate surface area is 163 Å². The average Bonchev–Trinajstić information content (AvgIpc) is 2.76. The minimum Gasteiger partial charge on any atom is -0.496 e. The molecule has 0 saturated heterocycles. The molecule has 0 saturated carbocycles. The normalized spacial score (nSPS) is 11.8. The molecule has 2 heteroatoms. The summed E-state index contributed by atoms with van der Waals surface area (Å²) in [5.41, 5.74) is 1.60. The van der Waals surface area contributed by atoms with Crippen molar-refractivity contribution in [3.8, 4) is 5.75 Å². The van der Waals surface area contributed by atoms with Crippen LogP contribution in [0, 0.1) is 0 Å². The van der Waals surface area contributed by atoms with E-state index in [0.29, 0.717) is 11.3 Å². The maximum atomic E-state index is 12.7. The second-order valence-electron chi connectivity index (χ2n) is 6.91. The van der Waals surface area contributed by atoms with E-state index in [2.05, 4.69) is 54.6 Å². The fourth-order valence-corrected chi connectivity index (χ4v) is 4.01. The number of rotatable bonds is 4. The number of ether oxygens (including phenoxy) is 1. The van der Waals surface area contributed by atoms with E-state index in [-0.39, 0.29) is 5.78 Å². The lowest BCUT2D eigenvalue weighted by molar-refractivity contribution is 0.104. The van der Waals surface area contributed by atoms with Crippen LogP contribution in [0.4, 0.5) is 0 Å². The highest BCUT2D eigenvalue weighted by Gasteiger charge is 2.11. The van der Waals surface area contributed by atoms with E-state index in [1.165, 1.54) is 26.9 Å². The monoisotopic (exact) mass is 362 g/mol. The van der Waals surface area contributed by atoms with Gasteiger partial charge in [0.1, 0.15) is 5.75 Å². The van der Waals surface area contributed by atoms with Crippen molar-refractivity contribution >= 4 is 44.2 Å². The van der Waals surface area contributed by atoms with Gasteiger partial charge < -0.3 is 4.74 Å². The van der Waals surface area contributed by atoms with Crippen LogP contribution < -0.4 is 4.74 Å². The van der Waals surface area contributed by atoms with Crippen LogP contribution in [0.1, 0.15) is 15.9 Å². The molecule has 2 nitrogen and oxygen atoms in total. The first-order chi connectivity index (χ1) is 13.8. The largest absolute Gasteiger partial charge is 0.496 e. The fourth-order valence-electron chi connectivity index (χ4n) is 4.01. The van der Waals surface area contributed by atoms with E-state index < -0.39 is 0 Å². The Kier molecular flexibility index (Phi) is 3.84. The Morgan fingerprint density at radius 3 is 2.21 bits per heavy atom. The third-order valence-electron chi connectivity index (χ3n) is 5.35. The molecule has 0 aromatic heterocycles. The summed E-state index contributed by atoms with van der Waals surface area (Å²) in [6, 6.07) is 26.5. The fraction of sp³-hybridized carbons (Fsp3) is 0.0385. The van der Waals surface area contributed by atoms with Gasteiger partial charge in [-0.2, -0.15) is 0 Å². The second kappa shape index (κ2) is 6.50. The molecule has 0 spiro atoms. The molecule has 0 aliphatic rings. The van der Waals surface area contributed by atoms with Crippen molar-refractivity contribution in [2.24, 2.45) is 0 Å². The molecule has 0 radical (unpaired) electrons. The minimum absolute atomic E-state index is 0.0665. The van der Waals surface area contributed by atoms with Gasteiger partial charge in [0.25, 0.3) is 0 Å². The zero-order chi connectivity index (χ0) is 19.1. The number of hydrogen-bond donors (Lipinski definition) is 0. The second-order valence-corrected chi connectivity index (χ2v) is 6.91. The minimum atomic E-state index is -0.0665. The van der Waals surface area contributed by atoms with E-state index in [4.69, 9.17) is 4.74 Å². The van der Waals surface area contributed by atoms with Gasteiger partial charge in [-0.15, -0.1) is 0 Å². The zero-order valence-corrected chi connectivity index (χ0v) is 15.5. The molecule has 0 atom stereocenters. The lowest BCUT2D eigenvalue weighted by Crippen LogP contribution is -1.98. The summed E-state index contributed by atoms with van der Waals surface area (Å²) in [7, 11) is 1.58. The number of carbonyl (C=O) groups is 1. The molecule has 5 aromatic rings. The van der Waals surface area contributed by atoms with Crippen LogP contribution >= 0.6 is 0 Å². The van der Waals surface area contributed by atoms with Crippen molar-refractivity contribution in [3.05, 3.63) is 96.1 Å². The summed E-state index contributed by atoms with van der Waals surface area (Å²) in [4.78, 5) is 12.7. The number of para-hydroxylation sites is 1. The number of methoxy groups -OCH3 is 1. The quantitative estimate of drug-likeness (QED) is 0.207. The van der Waals surface area contributed by atoms with Crippen LogP contribution in [-0.2, 0) is 0 Å². The lowest BCUT2D eigenvalue weighted by atomic mass is 9.92. The molecule has 0 aliphatic heterocycles.